The molecule has 0 aliphatic carbocycles. The second-order valence-corrected chi connectivity index (χ2v) is 9.21. The minimum absolute atomic E-state index is 0.284. The summed E-state index contributed by atoms with van der Waals surface area (Å²) in [7, 11) is -3.41. The van der Waals surface area contributed by atoms with Gasteiger partial charge in [0.1, 0.15) is 11.5 Å². The smallest absolute Gasteiger partial charge is 0.243 e. The molecule has 7 heteroatoms. The highest BCUT2D eigenvalue weighted by Crippen LogP contribution is 2.28. The van der Waals surface area contributed by atoms with Crippen molar-refractivity contribution in [1.82, 2.24) is 14.6 Å². The van der Waals surface area contributed by atoms with E-state index >= 15 is 0 Å². The van der Waals surface area contributed by atoms with Gasteiger partial charge >= 0.3 is 0 Å². The number of benzene rings is 1. The lowest BCUT2D eigenvalue weighted by Crippen LogP contribution is -2.27. The van der Waals surface area contributed by atoms with Gasteiger partial charge in [0.05, 0.1) is 11.1 Å². The summed E-state index contributed by atoms with van der Waals surface area (Å²) in [6, 6.07) is 8.77. The van der Waals surface area contributed by atoms with Gasteiger partial charge in [-0.25, -0.2) is 8.42 Å². The minimum atomic E-state index is -3.41. The molecule has 6 nitrogen and oxygen atoms in total. The SMILES string of the molecule is C=C(c1cncc(Oc2ccc(S(=O)(=O)N3CCCC3)cc2)c1)[C@H]1CCCN1. The van der Waals surface area contributed by atoms with Crippen LogP contribution in [0, 0.1) is 0 Å². The zero-order valence-electron chi connectivity index (χ0n) is 15.8. The number of hydrogen-bond donors (Lipinski definition) is 1. The average molecular weight is 400 g/mol. The predicted octanol–water partition coefficient (Wildman–Crippen LogP) is 3.42. The summed E-state index contributed by atoms with van der Waals surface area (Å²) in [6.45, 7) is 6.41. The fourth-order valence-electron chi connectivity index (χ4n) is 3.73. The van der Waals surface area contributed by atoms with Crippen LogP contribution in [0.25, 0.3) is 5.57 Å². The Kier molecular flexibility index (Phi) is 5.48. The van der Waals surface area contributed by atoms with Crippen LogP contribution < -0.4 is 10.1 Å². The first-order chi connectivity index (χ1) is 13.5. The van der Waals surface area contributed by atoms with E-state index in [1.807, 2.05) is 6.07 Å². The van der Waals surface area contributed by atoms with Crippen LogP contribution in [0.1, 0.15) is 31.2 Å². The van der Waals surface area contributed by atoms with E-state index < -0.39 is 10.0 Å². The van der Waals surface area contributed by atoms with Crippen LogP contribution in [0.2, 0.25) is 0 Å². The molecule has 0 spiro atoms. The molecule has 1 aromatic heterocycles. The number of hydrogen-bond acceptors (Lipinski definition) is 5. The monoisotopic (exact) mass is 399 g/mol. The van der Waals surface area contributed by atoms with Crippen molar-refractivity contribution in [2.24, 2.45) is 0 Å². The summed E-state index contributed by atoms with van der Waals surface area (Å²) < 4.78 is 32.7. The molecule has 28 heavy (non-hydrogen) atoms. The predicted molar refractivity (Wildman–Crippen MR) is 109 cm³/mol. The van der Waals surface area contributed by atoms with Gasteiger partial charge in [-0.3, -0.25) is 4.98 Å². The van der Waals surface area contributed by atoms with E-state index in [2.05, 4.69) is 16.9 Å². The Labute approximate surface area is 166 Å². The van der Waals surface area contributed by atoms with Gasteiger partial charge in [0.2, 0.25) is 10.0 Å². The number of ether oxygens (including phenoxy) is 1. The number of nitrogens with zero attached hydrogens (tertiary/aromatic N) is 2. The fraction of sp³-hybridized carbons (Fsp3) is 0.381. The van der Waals surface area contributed by atoms with Gasteiger partial charge in [-0.1, -0.05) is 6.58 Å². The minimum Gasteiger partial charge on any atom is -0.456 e. The molecule has 1 atom stereocenters. The lowest BCUT2D eigenvalue weighted by atomic mass is 10.0. The van der Waals surface area contributed by atoms with Crippen LogP contribution in [0.5, 0.6) is 11.5 Å². The Balaban J connectivity index is 1.47. The Bertz CT molecular complexity index is 945. The van der Waals surface area contributed by atoms with Gasteiger partial charge in [-0.05, 0) is 68.1 Å². The number of nitrogens with one attached hydrogen (secondary N) is 1. The highest BCUT2D eigenvalue weighted by Gasteiger charge is 2.27. The Morgan fingerprint density at radius 1 is 1.11 bits per heavy atom. The molecule has 1 aromatic carbocycles. The number of rotatable bonds is 6. The zero-order chi connectivity index (χ0) is 19.6. The van der Waals surface area contributed by atoms with Crippen LogP contribution >= 0.6 is 0 Å². The van der Waals surface area contributed by atoms with E-state index in [1.54, 1.807) is 41.0 Å². The van der Waals surface area contributed by atoms with Crippen LogP contribution in [0.3, 0.4) is 0 Å². The topological polar surface area (TPSA) is 71.5 Å². The van der Waals surface area contributed by atoms with E-state index in [9.17, 15) is 8.42 Å². The van der Waals surface area contributed by atoms with Gasteiger partial charge in [0.15, 0.2) is 0 Å². The van der Waals surface area contributed by atoms with E-state index in [4.69, 9.17) is 4.74 Å². The molecular formula is C21H25N3O3S. The summed E-state index contributed by atoms with van der Waals surface area (Å²) in [6.07, 6.45) is 7.52. The van der Waals surface area contributed by atoms with Gasteiger partial charge in [-0.15, -0.1) is 0 Å². The van der Waals surface area contributed by atoms with Crippen LogP contribution in [-0.4, -0.2) is 43.4 Å². The van der Waals surface area contributed by atoms with Gasteiger partial charge in [0, 0.05) is 30.9 Å². The Morgan fingerprint density at radius 3 is 2.54 bits per heavy atom. The van der Waals surface area contributed by atoms with Crippen molar-refractivity contribution in [3.63, 3.8) is 0 Å². The van der Waals surface area contributed by atoms with Gasteiger partial charge < -0.3 is 10.1 Å². The van der Waals surface area contributed by atoms with Crippen LogP contribution in [-0.2, 0) is 10.0 Å². The lowest BCUT2D eigenvalue weighted by molar-refractivity contribution is 0.474. The highest BCUT2D eigenvalue weighted by atomic mass is 32.2. The Hall–Kier alpha value is -2.22. The largest absolute Gasteiger partial charge is 0.456 e. The van der Waals surface area contributed by atoms with Crippen molar-refractivity contribution in [2.75, 3.05) is 19.6 Å². The second-order valence-electron chi connectivity index (χ2n) is 7.27. The maximum atomic E-state index is 12.6. The normalized spacial score (nSPS) is 20.4. The maximum Gasteiger partial charge on any atom is 0.243 e. The van der Waals surface area contributed by atoms with Gasteiger partial charge in [-0.2, -0.15) is 4.31 Å². The molecule has 2 aliphatic heterocycles. The molecule has 2 fully saturated rings. The summed E-state index contributed by atoms with van der Waals surface area (Å²) in [5.41, 5.74) is 1.97. The average Bonchev–Trinajstić information content (AvgIpc) is 3.42. The van der Waals surface area contributed by atoms with Crippen molar-refractivity contribution >= 4 is 15.6 Å². The Morgan fingerprint density at radius 2 is 1.86 bits per heavy atom. The second kappa shape index (κ2) is 8.03. The van der Waals surface area contributed by atoms with Gasteiger partial charge in [0.25, 0.3) is 0 Å². The molecular weight excluding hydrogens is 374 g/mol. The summed E-state index contributed by atoms with van der Waals surface area (Å²) in [5.74, 6) is 1.18. The summed E-state index contributed by atoms with van der Waals surface area (Å²) in [4.78, 5) is 4.57. The number of sulfonamides is 1. The summed E-state index contributed by atoms with van der Waals surface area (Å²) >= 11 is 0. The van der Waals surface area contributed by atoms with E-state index in [0.717, 1.165) is 43.4 Å². The molecule has 1 N–H and O–H groups in total. The molecule has 3 heterocycles. The molecule has 2 aromatic rings. The zero-order valence-corrected chi connectivity index (χ0v) is 16.6. The molecule has 0 unspecified atom stereocenters. The quantitative estimate of drug-likeness (QED) is 0.806. The third-order valence-electron chi connectivity index (χ3n) is 5.33. The first-order valence-corrected chi connectivity index (χ1v) is 11.1. The lowest BCUT2D eigenvalue weighted by Gasteiger charge is -2.16. The molecule has 0 radical (unpaired) electrons. The van der Waals surface area contributed by atoms with Crippen molar-refractivity contribution in [1.29, 1.82) is 0 Å². The molecule has 0 bridgehead atoms. The van der Waals surface area contributed by atoms with Crippen molar-refractivity contribution < 1.29 is 13.2 Å². The molecule has 0 saturated carbocycles. The van der Waals surface area contributed by atoms with Crippen molar-refractivity contribution in [3.05, 3.63) is 54.9 Å². The molecule has 148 valence electrons. The third kappa shape index (κ3) is 3.97. The highest BCUT2D eigenvalue weighted by molar-refractivity contribution is 7.89. The standard InChI is InChI=1S/C21H25N3O3S/c1-16(21-5-4-10-23-21)17-13-19(15-22-14-17)27-18-6-8-20(9-7-18)28(25,26)24-11-2-3-12-24/h6-9,13-15,21,23H,1-5,10-12H2/t21-/m1/s1. The fourth-order valence-corrected chi connectivity index (χ4v) is 5.24. The molecule has 0 amide bonds. The van der Waals surface area contributed by atoms with Crippen molar-refractivity contribution in [3.8, 4) is 11.5 Å². The third-order valence-corrected chi connectivity index (χ3v) is 7.24. The molecule has 2 saturated heterocycles. The van der Waals surface area contributed by atoms with E-state index in [0.29, 0.717) is 29.5 Å². The number of aromatic nitrogens is 1. The molecule has 4 rings (SSSR count). The van der Waals surface area contributed by atoms with Crippen molar-refractivity contribution in [2.45, 2.75) is 36.6 Å². The van der Waals surface area contributed by atoms with Crippen LogP contribution in [0.15, 0.2) is 54.2 Å². The summed E-state index contributed by atoms with van der Waals surface area (Å²) in [5, 5.41) is 3.44. The number of pyridine rings is 1. The van der Waals surface area contributed by atoms with E-state index in [1.165, 1.54) is 0 Å². The molecule has 2 aliphatic rings. The first-order valence-electron chi connectivity index (χ1n) is 9.70. The van der Waals surface area contributed by atoms with E-state index in [-0.39, 0.29) is 6.04 Å². The first kappa shape index (κ1) is 19.1. The van der Waals surface area contributed by atoms with Crippen LogP contribution in [0.4, 0.5) is 0 Å². The maximum absolute atomic E-state index is 12.6.